The minimum absolute atomic E-state index is 0.0623. The van der Waals surface area contributed by atoms with Gasteiger partial charge in [-0.15, -0.1) is 0 Å². The number of nitrogens with one attached hydrogen (secondary N) is 1. The molecule has 2 amide bonds. The molecule has 3 fully saturated rings. The average molecular weight is 294 g/mol. The van der Waals surface area contributed by atoms with Gasteiger partial charge in [-0.25, -0.2) is 0 Å². The van der Waals surface area contributed by atoms with E-state index in [0.717, 1.165) is 44.9 Å². The molecule has 1 saturated heterocycles. The second-order valence-corrected chi connectivity index (χ2v) is 6.97. The second-order valence-electron chi connectivity index (χ2n) is 6.97. The first kappa shape index (κ1) is 14.8. The van der Waals surface area contributed by atoms with Gasteiger partial charge >= 0.3 is 0 Å². The number of hydrogen-bond acceptors (Lipinski definition) is 3. The topological polar surface area (TPSA) is 58.6 Å². The maximum atomic E-state index is 13.1. The van der Waals surface area contributed by atoms with Gasteiger partial charge in [0, 0.05) is 13.7 Å². The fraction of sp³-hybridized carbons (Fsp3) is 0.875. The lowest BCUT2D eigenvalue weighted by Gasteiger charge is -2.53. The van der Waals surface area contributed by atoms with Crippen molar-refractivity contribution in [1.82, 2.24) is 10.2 Å². The van der Waals surface area contributed by atoms with E-state index in [-0.39, 0.29) is 11.8 Å². The Hall–Kier alpha value is -1.10. The highest BCUT2D eigenvalue weighted by Gasteiger charge is 2.60. The van der Waals surface area contributed by atoms with Crippen LogP contribution in [0.15, 0.2) is 0 Å². The van der Waals surface area contributed by atoms with Crippen LogP contribution in [0.25, 0.3) is 0 Å². The molecule has 0 aromatic rings. The summed E-state index contributed by atoms with van der Waals surface area (Å²) in [5, 5.41) is 3.10. The molecule has 1 N–H and O–H groups in total. The smallest absolute Gasteiger partial charge is 0.249 e. The van der Waals surface area contributed by atoms with Crippen molar-refractivity contribution in [3.05, 3.63) is 0 Å². The van der Waals surface area contributed by atoms with E-state index in [4.69, 9.17) is 4.74 Å². The third-order valence-corrected chi connectivity index (χ3v) is 5.60. The van der Waals surface area contributed by atoms with Gasteiger partial charge in [0.15, 0.2) is 0 Å². The van der Waals surface area contributed by atoms with Crippen LogP contribution in [0.3, 0.4) is 0 Å². The minimum atomic E-state index is -0.701. The first-order valence-electron chi connectivity index (χ1n) is 8.18. The molecule has 1 atom stereocenters. The number of carbonyl (C=O) groups is 2. The Morgan fingerprint density at radius 1 is 1.24 bits per heavy atom. The van der Waals surface area contributed by atoms with E-state index >= 15 is 0 Å². The van der Waals surface area contributed by atoms with E-state index in [1.54, 1.807) is 7.11 Å². The summed E-state index contributed by atoms with van der Waals surface area (Å²) >= 11 is 0. The van der Waals surface area contributed by atoms with Gasteiger partial charge in [-0.05, 0) is 38.5 Å². The predicted molar refractivity (Wildman–Crippen MR) is 78.7 cm³/mol. The fourth-order valence-corrected chi connectivity index (χ4v) is 4.07. The molecule has 1 heterocycles. The number of amides is 2. The number of piperazine rings is 1. The lowest BCUT2D eigenvalue weighted by Crippen LogP contribution is -2.76. The molecule has 1 unspecified atom stereocenters. The summed E-state index contributed by atoms with van der Waals surface area (Å²) < 4.78 is 5.18. The van der Waals surface area contributed by atoms with E-state index in [1.807, 2.05) is 11.8 Å². The molecule has 0 bridgehead atoms. The van der Waals surface area contributed by atoms with Crippen molar-refractivity contribution in [3.8, 4) is 0 Å². The summed E-state index contributed by atoms with van der Waals surface area (Å²) in [6.45, 7) is 2.91. The van der Waals surface area contributed by atoms with Crippen LogP contribution in [0.4, 0.5) is 0 Å². The van der Waals surface area contributed by atoms with Crippen LogP contribution in [0.2, 0.25) is 0 Å². The summed E-state index contributed by atoms with van der Waals surface area (Å²) in [4.78, 5) is 27.9. The highest BCUT2D eigenvalue weighted by molar-refractivity contribution is 6.02. The van der Waals surface area contributed by atoms with Gasteiger partial charge < -0.3 is 15.0 Å². The monoisotopic (exact) mass is 294 g/mol. The molecular formula is C16H26N2O3. The highest BCUT2D eigenvalue weighted by atomic mass is 16.5. The molecule has 3 rings (SSSR count). The minimum Gasteiger partial charge on any atom is -0.383 e. The molecule has 3 aliphatic rings. The average Bonchev–Trinajstić information content (AvgIpc) is 3.32. The van der Waals surface area contributed by atoms with Gasteiger partial charge in [0.2, 0.25) is 11.8 Å². The Morgan fingerprint density at radius 3 is 2.48 bits per heavy atom. The number of rotatable bonds is 4. The molecule has 2 aliphatic carbocycles. The number of nitrogens with zero attached hydrogens (tertiary/aromatic N) is 1. The summed E-state index contributed by atoms with van der Waals surface area (Å²) in [6, 6.07) is 0. The van der Waals surface area contributed by atoms with Crippen LogP contribution < -0.4 is 5.32 Å². The van der Waals surface area contributed by atoms with E-state index in [2.05, 4.69) is 5.32 Å². The predicted octanol–water partition coefficient (Wildman–Crippen LogP) is 1.46. The number of ether oxygens (including phenoxy) is 1. The van der Waals surface area contributed by atoms with Crippen molar-refractivity contribution in [3.63, 3.8) is 0 Å². The number of methoxy groups -OCH3 is 1. The van der Waals surface area contributed by atoms with Gasteiger partial charge in [-0.1, -0.05) is 19.3 Å². The maximum absolute atomic E-state index is 13.1. The lowest BCUT2D eigenvalue weighted by atomic mass is 9.74. The van der Waals surface area contributed by atoms with Crippen molar-refractivity contribution in [1.29, 1.82) is 0 Å². The Labute approximate surface area is 126 Å². The van der Waals surface area contributed by atoms with Crippen molar-refractivity contribution in [2.75, 3.05) is 20.3 Å². The normalized spacial score (nSPS) is 32.4. The molecule has 0 radical (unpaired) electrons. The Kier molecular flexibility index (Phi) is 3.72. The van der Waals surface area contributed by atoms with Crippen molar-refractivity contribution in [2.24, 2.45) is 5.92 Å². The molecule has 2 saturated carbocycles. The molecule has 118 valence electrons. The molecule has 5 nitrogen and oxygen atoms in total. The zero-order valence-electron chi connectivity index (χ0n) is 13.1. The Morgan fingerprint density at radius 2 is 1.90 bits per heavy atom. The van der Waals surface area contributed by atoms with Gasteiger partial charge in [0.05, 0.1) is 6.61 Å². The fourth-order valence-electron chi connectivity index (χ4n) is 4.07. The van der Waals surface area contributed by atoms with Crippen molar-refractivity contribution < 1.29 is 14.3 Å². The van der Waals surface area contributed by atoms with E-state index < -0.39 is 11.1 Å². The van der Waals surface area contributed by atoms with Crippen molar-refractivity contribution >= 4 is 11.8 Å². The van der Waals surface area contributed by atoms with Crippen molar-refractivity contribution in [2.45, 2.75) is 62.9 Å². The zero-order valence-corrected chi connectivity index (χ0v) is 13.1. The van der Waals surface area contributed by atoms with E-state index in [0.29, 0.717) is 19.1 Å². The first-order valence-corrected chi connectivity index (χ1v) is 8.18. The molecule has 5 heteroatoms. The van der Waals surface area contributed by atoms with Crippen LogP contribution >= 0.6 is 0 Å². The van der Waals surface area contributed by atoms with Crippen LogP contribution in [-0.4, -0.2) is 48.1 Å². The molecule has 0 aromatic heterocycles. The van der Waals surface area contributed by atoms with E-state index in [9.17, 15) is 9.59 Å². The standard InChI is InChI=1S/C16H26N2O3/c1-15(12-6-7-12)14(20)18(10-11-21-2)16(13(19)17-15)8-4-3-5-9-16/h12H,3-11H2,1-2H3,(H,17,19). The number of hydrogen-bond donors (Lipinski definition) is 1. The van der Waals surface area contributed by atoms with Gasteiger partial charge in [-0.3, -0.25) is 9.59 Å². The summed E-state index contributed by atoms with van der Waals surface area (Å²) in [6.07, 6.45) is 6.83. The van der Waals surface area contributed by atoms with Crippen LogP contribution in [-0.2, 0) is 14.3 Å². The Balaban J connectivity index is 1.92. The summed E-state index contributed by atoms with van der Waals surface area (Å²) in [7, 11) is 1.64. The second kappa shape index (κ2) is 5.27. The van der Waals surface area contributed by atoms with Gasteiger partial charge in [0.1, 0.15) is 11.1 Å². The molecule has 1 spiro atoms. The molecule has 21 heavy (non-hydrogen) atoms. The van der Waals surface area contributed by atoms with E-state index in [1.165, 1.54) is 0 Å². The SMILES string of the molecule is COCCN1C(=O)C(C)(C2CC2)NC(=O)C12CCCCC2. The largest absolute Gasteiger partial charge is 0.383 e. The van der Waals surface area contributed by atoms with Crippen LogP contribution in [0.1, 0.15) is 51.9 Å². The third-order valence-electron chi connectivity index (χ3n) is 5.60. The van der Waals surface area contributed by atoms with Crippen LogP contribution in [0, 0.1) is 5.92 Å². The quantitative estimate of drug-likeness (QED) is 0.854. The molecule has 1 aliphatic heterocycles. The summed E-state index contributed by atoms with van der Waals surface area (Å²) in [5.41, 5.74) is -1.32. The highest BCUT2D eigenvalue weighted by Crippen LogP contribution is 2.46. The Bertz CT molecular complexity index is 441. The van der Waals surface area contributed by atoms with Gasteiger partial charge in [0.25, 0.3) is 0 Å². The maximum Gasteiger partial charge on any atom is 0.249 e. The summed E-state index contributed by atoms with van der Waals surface area (Å²) in [5.74, 6) is 0.468. The first-order chi connectivity index (χ1) is 10.0. The number of carbonyl (C=O) groups excluding carboxylic acids is 2. The zero-order chi connectivity index (χ0) is 15.1. The molecule has 0 aromatic carbocycles. The lowest BCUT2D eigenvalue weighted by molar-refractivity contribution is -0.167. The van der Waals surface area contributed by atoms with Crippen LogP contribution in [0.5, 0.6) is 0 Å². The van der Waals surface area contributed by atoms with Gasteiger partial charge in [-0.2, -0.15) is 0 Å². The third kappa shape index (κ3) is 2.26. The molecular weight excluding hydrogens is 268 g/mol.